The van der Waals surface area contributed by atoms with E-state index in [1.54, 1.807) is 27.7 Å². The number of fused-ring (bicyclic) bond motifs is 2. The van der Waals surface area contributed by atoms with Crippen molar-refractivity contribution in [2.75, 3.05) is 31.5 Å². The number of hydrogen-bond donors (Lipinski definition) is 2. The molecule has 4 aromatic rings. The molecule has 7 rings (SSSR count). The molecule has 2 atom stereocenters. The highest BCUT2D eigenvalue weighted by molar-refractivity contribution is 7.13. The number of nitrogens with zero attached hydrogens (tertiary/aromatic N) is 6. The van der Waals surface area contributed by atoms with Gasteiger partial charge in [0.05, 0.1) is 12.0 Å². The van der Waals surface area contributed by atoms with Crippen LogP contribution in [-0.4, -0.2) is 78.1 Å². The van der Waals surface area contributed by atoms with Gasteiger partial charge in [0.2, 0.25) is 5.91 Å². The molecule has 3 aliphatic heterocycles. The van der Waals surface area contributed by atoms with E-state index in [0.29, 0.717) is 40.6 Å². The summed E-state index contributed by atoms with van der Waals surface area (Å²) in [6.07, 6.45) is 3.60. The van der Waals surface area contributed by atoms with Gasteiger partial charge in [-0.05, 0) is 62.4 Å². The summed E-state index contributed by atoms with van der Waals surface area (Å²) >= 11 is 1.31. The van der Waals surface area contributed by atoms with E-state index in [2.05, 4.69) is 20.2 Å². The zero-order valence-electron chi connectivity index (χ0n) is 27.4. The van der Waals surface area contributed by atoms with Crippen LogP contribution in [0.3, 0.4) is 0 Å². The number of carbonyl (C=O) groups is 2. The Morgan fingerprint density at radius 1 is 1.08 bits per heavy atom. The van der Waals surface area contributed by atoms with Gasteiger partial charge in [0.1, 0.15) is 23.7 Å². The number of carbonyl (C=O) groups excluding carboxylic acids is 2. The molecular formula is C35H40FN7O4S. The fourth-order valence-corrected chi connectivity index (χ4v) is 7.33. The number of amides is 2. The minimum Gasteiger partial charge on any atom is -0.444 e. The standard InChI is InChI=1S/C35H40FN7O4S/c1-35(2,3)47-34(46)41-14-12-40(13-15-41)19-22-6-8-23(9-7-22)24-17-25-26(27(36)18-24)20-43(32(25)45)30(31(44)39-33-37-10-16-48-33)29-28-5-4-11-42(28)21-38-29/h6-10,16-18,21,30,32,45H,4-5,11-15,19-20H2,1-3H3,(H,37,39,44). The fourth-order valence-electron chi connectivity index (χ4n) is 6.80. The van der Waals surface area contributed by atoms with Crippen LogP contribution in [0.25, 0.3) is 11.1 Å². The Labute approximate surface area is 283 Å². The number of piperazine rings is 1. The van der Waals surface area contributed by atoms with Crippen LogP contribution in [0, 0.1) is 5.82 Å². The van der Waals surface area contributed by atoms with Crippen molar-refractivity contribution in [2.24, 2.45) is 0 Å². The first-order chi connectivity index (χ1) is 23.0. The van der Waals surface area contributed by atoms with E-state index in [4.69, 9.17) is 4.74 Å². The lowest BCUT2D eigenvalue weighted by Crippen LogP contribution is -2.49. The molecule has 0 radical (unpaired) electrons. The van der Waals surface area contributed by atoms with Crippen molar-refractivity contribution in [2.45, 2.75) is 71.1 Å². The second-order valence-electron chi connectivity index (χ2n) is 13.6. The van der Waals surface area contributed by atoms with E-state index in [-0.39, 0.29) is 18.5 Å². The van der Waals surface area contributed by atoms with Crippen LogP contribution in [-0.2, 0) is 35.6 Å². The van der Waals surface area contributed by atoms with Crippen molar-refractivity contribution in [3.05, 3.63) is 88.2 Å². The van der Waals surface area contributed by atoms with Crippen molar-refractivity contribution in [1.29, 1.82) is 0 Å². The molecule has 1 fully saturated rings. The van der Waals surface area contributed by atoms with Crippen LogP contribution >= 0.6 is 11.3 Å². The van der Waals surface area contributed by atoms with Gasteiger partial charge in [-0.2, -0.15) is 0 Å². The first-order valence-corrected chi connectivity index (χ1v) is 17.2. The molecule has 2 aromatic carbocycles. The second kappa shape index (κ2) is 13.0. The molecule has 2 amide bonds. The Bertz CT molecular complexity index is 1800. The molecule has 13 heteroatoms. The van der Waals surface area contributed by atoms with E-state index in [1.165, 1.54) is 17.4 Å². The fraction of sp³-hybridized carbons (Fsp3) is 0.429. The maximum Gasteiger partial charge on any atom is 0.410 e. The molecule has 11 nitrogen and oxygen atoms in total. The monoisotopic (exact) mass is 673 g/mol. The maximum absolute atomic E-state index is 15.8. The largest absolute Gasteiger partial charge is 0.444 e. The average molecular weight is 674 g/mol. The Kier molecular flexibility index (Phi) is 8.79. The number of aromatic nitrogens is 3. The topological polar surface area (TPSA) is 116 Å². The van der Waals surface area contributed by atoms with Crippen molar-refractivity contribution < 1.29 is 23.8 Å². The third-order valence-electron chi connectivity index (χ3n) is 9.17. The molecule has 0 spiro atoms. The molecule has 48 heavy (non-hydrogen) atoms. The number of benzene rings is 2. The number of halogens is 1. The van der Waals surface area contributed by atoms with Gasteiger partial charge in [-0.3, -0.25) is 14.6 Å². The summed E-state index contributed by atoms with van der Waals surface area (Å²) in [6.45, 7) is 9.94. The van der Waals surface area contributed by atoms with Gasteiger partial charge in [0.15, 0.2) is 5.13 Å². The summed E-state index contributed by atoms with van der Waals surface area (Å²) in [4.78, 5) is 40.7. The number of rotatable bonds is 7. The first-order valence-electron chi connectivity index (χ1n) is 16.3. The van der Waals surface area contributed by atoms with E-state index in [0.717, 1.165) is 55.8 Å². The molecule has 2 N–H and O–H groups in total. The van der Waals surface area contributed by atoms with Gasteiger partial charge in [0.25, 0.3) is 0 Å². The van der Waals surface area contributed by atoms with Gasteiger partial charge < -0.3 is 24.6 Å². The highest BCUT2D eigenvalue weighted by Gasteiger charge is 2.42. The SMILES string of the molecule is CC(C)(C)OC(=O)N1CCN(Cc2ccc(-c3cc(F)c4c(c3)C(O)N(C(C(=O)Nc3nccs3)c3ncn5c3CCC5)C4)cc2)CC1. The number of anilines is 1. The minimum absolute atomic E-state index is 0.0605. The lowest BCUT2D eigenvalue weighted by atomic mass is 9.98. The Hall–Kier alpha value is -4.17. The van der Waals surface area contributed by atoms with Gasteiger partial charge in [-0.15, -0.1) is 11.3 Å². The Morgan fingerprint density at radius 3 is 2.56 bits per heavy atom. The van der Waals surface area contributed by atoms with E-state index >= 15 is 4.39 Å². The van der Waals surface area contributed by atoms with Crippen LogP contribution in [0.1, 0.15) is 67.5 Å². The van der Waals surface area contributed by atoms with E-state index in [9.17, 15) is 14.7 Å². The number of aliphatic hydroxyl groups excluding tert-OH is 1. The smallest absolute Gasteiger partial charge is 0.410 e. The van der Waals surface area contributed by atoms with Crippen LogP contribution in [0.2, 0.25) is 0 Å². The molecule has 0 bridgehead atoms. The second-order valence-corrected chi connectivity index (χ2v) is 14.5. The predicted octanol–water partition coefficient (Wildman–Crippen LogP) is 5.33. The minimum atomic E-state index is -1.21. The van der Waals surface area contributed by atoms with Crippen molar-refractivity contribution >= 4 is 28.5 Å². The number of thiazole rings is 1. The normalized spacial score (nSPS) is 18.9. The molecule has 0 saturated carbocycles. The predicted molar refractivity (Wildman–Crippen MR) is 179 cm³/mol. The van der Waals surface area contributed by atoms with Gasteiger partial charge in [-0.25, -0.2) is 19.2 Å². The van der Waals surface area contributed by atoms with E-state index in [1.807, 2.05) is 55.7 Å². The summed E-state index contributed by atoms with van der Waals surface area (Å²) in [5.41, 5.74) is 4.42. The van der Waals surface area contributed by atoms with Crippen molar-refractivity contribution in [3.8, 4) is 11.1 Å². The van der Waals surface area contributed by atoms with Gasteiger partial charge in [-0.1, -0.05) is 24.3 Å². The first kappa shape index (κ1) is 32.4. The maximum atomic E-state index is 15.8. The number of aliphatic hydroxyl groups is 1. The average Bonchev–Trinajstić information content (AvgIpc) is 3.85. The zero-order valence-corrected chi connectivity index (χ0v) is 28.2. The number of ether oxygens (including phenoxy) is 1. The third-order valence-corrected chi connectivity index (χ3v) is 9.86. The third kappa shape index (κ3) is 6.59. The van der Waals surface area contributed by atoms with Gasteiger partial charge >= 0.3 is 6.09 Å². The molecule has 2 aromatic heterocycles. The summed E-state index contributed by atoms with van der Waals surface area (Å²) in [6, 6.07) is 10.4. The quantitative estimate of drug-likeness (QED) is 0.271. The molecule has 3 aliphatic rings. The zero-order chi connectivity index (χ0) is 33.6. The van der Waals surface area contributed by atoms with Crippen molar-refractivity contribution in [1.82, 2.24) is 29.2 Å². The molecule has 0 aliphatic carbocycles. The summed E-state index contributed by atoms with van der Waals surface area (Å²) < 4.78 is 23.3. The number of aryl methyl sites for hydroxylation is 1. The lowest BCUT2D eigenvalue weighted by Gasteiger charge is -2.35. The summed E-state index contributed by atoms with van der Waals surface area (Å²) in [5, 5.41) is 16.8. The van der Waals surface area contributed by atoms with Crippen molar-refractivity contribution in [3.63, 3.8) is 0 Å². The van der Waals surface area contributed by atoms with Crippen LogP contribution in [0.4, 0.5) is 14.3 Å². The highest BCUT2D eigenvalue weighted by atomic mass is 32.1. The number of nitrogens with one attached hydrogen (secondary N) is 1. The molecule has 5 heterocycles. The van der Waals surface area contributed by atoms with Crippen LogP contribution in [0.5, 0.6) is 0 Å². The van der Waals surface area contributed by atoms with Crippen LogP contribution in [0.15, 0.2) is 54.3 Å². The number of imidazole rings is 1. The highest BCUT2D eigenvalue weighted by Crippen LogP contribution is 2.43. The molecule has 1 saturated heterocycles. The molecular weight excluding hydrogens is 633 g/mol. The number of hydrogen-bond acceptors (Lipinski definition) is 9. The van der Waals surface area contributed by atoms with Gasteiger partial charge in [0, 0.05) is 74.2 Å². The summed E-state index contributed by atoms with van der Waals surface area (Å²) in [5.74, 6) is -0.794. The lowest BCUT2D eigenvalue weighted by molar-refractivity contribution is -0.127. The van der Waals surface area contributed by atoms with Crippen LogP contribution < -0.4 is 5.32 Å². The Balaban J connectivity index is 1.06. The molecule has 2 unspecified atom stereocenters. The Morgan fingerprint density at radius 2 is 1.85 bits per heavy atom. The summed E-state index contributed by atoms with van der Waals surface area (Å²) in [7, 11) is 0. The van der Waals surface area contributed by atoms with E-state index < -0.39 is 23.7 Å². The molecule has 252 valence electrons.